The van der Waals surface area contributed by atoms with Gasteiger partial charge in [-0.3, -0.25) is 0 Å². The van der Waals surface area contributed by atoms with Crippen molar-refractivity contribution in [3.8, 4) is 0 Å². The van der Waals surface area contributed by atoms with Crippen LogP contribution < -0.4 is 5.73 Å². The molecule has 0 saturated carbocycles. The Morgan fingerprint density at radius 2 is 2.42 bits per heavy atom. The van der Waals surface area contributed by atoms with E-state index in [1.165, 1.54) is 28.4 Å². The van der Waals surface area contributed by atoms with Crippen LogP contribution in [0.2, 0.25) is 0 Å². The Bertz CT molecular complexity index is 255. The summed E-state index contributed by atoms with van der Waals surface area (Å²) >= 11 is 3.93. The van der Waals surface area contributed by atoms with Gasteiger partial charge in [-0.25, -0.2) is 0 Å². The fourth-order valence-corrected chi connectivity index (χ4v) is 3.72. The summed E-state index contributed by atoms with van der Waals surface area (Å²) < 4.78 is 0. The van der Waals surface area contributed by atoms with Crippen LogP contribution in [0.1, 0.15) is 28.3 Å². The van der Waals surface area contributed by atoms with Gasteiger partial charge in [-0.2, -0.15) is 11.8 Å². The monoisotopic (exact) mass is 199 g/mol. The highest BCUT2D eigenvalue weighted by Crippen LogP contribution is 2.33. The summed E-state index contributed by atoms with van der Waals surface area (Å²) in [6, 6.07) is 2.50. The maximum absolute atomic E-state index is 5.83. The van der Waals surface area contributed by atoms with Crippen LogP contribution in [0.3, 0.4) is 0 Å². The van der Waals surface area contributed by atoms with Gasteiger partial charge in [0, 0.05) is 21.5 Å². The highest BCUT2D eigenvalue weighted by molar-refractivity contribution is 7.98. The normalized spacial score (nSPS) is 18.8. The van der Waals surface area contributed by atoms with Crippen LogP contribution in [0.4, 0.5) is 0 Å². The van der Waals surface area contributed by atoms with Crippen LogP contribution in [0, 0.1) is 0 Å². The second-order valence-electron chi connectivity index (χ2n) is 3.19. The minimum atomic E-state index is 0.214. The summed E-state index contributed by atoms with van der Waals surface area (Å²) in [6.07, 6.45) is 1.25. The predicted octanol–water partition coefficient (Wildman–Crippen LogP) is 2.56. The van der Waals surface area contributed by atoms with E-state index >= 15 is 0 Å². The minimum Gasteiger partial charge on any atom is -0.324 e. The Balaban J connectivity index is 2.32. The average molecular weight is 199 g/mol. The van der Waals surface area contributed by atoms with Crippen molar-refractivity contribution in [3.05, 3.63) is 21.4 Å². The molecule has 1 unspecified atom stereocenters. The molecule has 1 aliphatic heterocycles. The molecule has 0 bridgehead atoms. The van der Waals surface area contributed by atoms with Crippen molar-refractivity contribution in [1.82, 2.24) is 0 Å². The van der Waals surface area contributed by atoms with Gasteiger partial charge in [0.05, 0.1) is 0 Å². The average Bonchev–Trinajstić information content (AvgIpc) is 2.46. The van der Waals surface area contributed by atoms with E-state index in [1.54, 1.807) is 4.88 Å². The zero-order valence-corrected chi connectivity index (χ0v) is 8.80. The molecule has 1 nitrogen and oxygen atoms in total. The minimum absolute atomic E-state index is 0.214. The molecule has 1 atom stereocenters. The Morgan fingerprint density at radius 3 is 3.08 bits per heavy atom. The molecule has 0 aliphatic carbocycles. The first-order valence-corrected chi connectivity index (χ1v) is 6.19. The van der Waals surface area contributed by atoms with Gasteiger partial charge < -0.3 is 5.73 Å². The first-order valence-electron chi connectivity index (χ1n) is 4.22. The van der Waals surface area contributed by atoms with Gasteiger partial charge in [0.1, 0.15) is 0 Å². The molecule has 0 amide bonds. The molecule has 0 fully saturated rings. The Labute approximate surface area is 81.4 Å². The topological polar surface area (TPSA) is 26.0 Å². The molecule has 0 aromatic carbocycles. The second-order valence-corrected chi connectivity index (χ2v) is 5.46. The Hall–Kier alpha value is 0.01000. The van der Waals surface area contributed by atoms with Crippen molar-refractivity contribution >= 4 is 23.1 Å². The number of aryl methyl sites for hydroxylation is 1. The van der Waals surface area contributed by atoms with E-state index in [1.807, 2.05) is 23.1 Å². The van der Waals surface area contributed by atoms with Crippen LogP contribution in [-0.2, 0) is 12.2 Å². The smallest absolute Gasteiger partial charge is 0.0361 e. The van der Waals surface area contributed by atoms with E-state index in [0.717, 1.165) is 0 Å². The predicted molar refractivity (Wildman–Crippen MR) is 56.8 cm³/mol. The van der Waals surface area contributed by atoms with Crippen molar-refractivity contribution in [1.29, 1.82) is 0 Å². The molecule has 1 aromatic rings. The van der Waals surface area contributed by atoms with Crippen molar-refractivity contribution in [2.45, 2.75) is 25.1 Å². The second kappa shape index (κ2) is 3.40. The molecule has 2 rings (SSSR count). The molecule has 1 aliphatic rings. The molecule has 2 N–H and O–H groups in total. The number of rotatable bonds is 1. The number of nitrogens with two attached hydrogens (primary N) is 1. The Kier molecular flexibility index (Phi) is 2.44. The lowest BCUT2D eigenvalue weighted by Crippen LogP contribution is -2.01. The van der Waals surface area contributed by atoms with Crippen LogP contribution in [0.25, 0.3) is 0 Å². The van der Waals surface area contributed by atoms with Crippen LogP contribution in [0.5, 0.6) is 0 Å². The fourth-order valence-electron chi connectivity index (χ4n) is 1.39. The van der Waals surface area contributed by atoms with Crippen molar-refractivity contribution < 1.29 is 0 Å². The first-order chi connectivity index (χ1) is 5.77. The molecular formula is C9H13NS2. The summed E-state index contributed by atoms with van der Waals surface area (Å²) in [6.45, 7) is 2.06. The molecule has 0 spiro atoms. The Morgan fingerprint density at radius 1 is 1.58 bits per heavy atom. The highest BCUT2D eigenvalue weighted by atomic mass is 32.2. The van der Waals surface area contributed by atoms with E-state index in [9.17, 15) is 0 Å². The third kappa shape index (κ3) is 1.53. The molecule has 1 aromatic heterocycles. The standard InChI is InChI=1S/C9H13NS2/c1-6(10)9-4-7-5-11-3-2-8(7)12-9/h4,6H,2-3,5,10H2,1H3. The first kappa shape index (κ1) is 8.60. The largest absolute Gasteiger partial charge is 0.324 e. The quantitative estimate of drug-likeness (QED) is 0.752. The van der Waals surface area contributed by atoms with Gasteiger partial charge >= 0.3 is 0 Å². The number of hydrogen-bond acceptors (Lipinski definition) is 3. The van der Waals surface area contributed by atoms with Gasteiger partial charge in [-0.1, -0.05) is 0 Å². The summed E-state index contributed by atoms with van der Waals surface area (Å²) in [7, 11) is 0. The van der Waals surface area contributed by atoms with Gasteiger partial charge in [0.2, 0.25) is 0 Å². The lowest BCUT2D eigenvalue weighted by Gasteiger charge is -2.08. The zero-order valence-electron chi connectivity index (χ0n) is 7.17. The molecule has 66 valence electrons. The summed E-state index contributed by atoms with van der Waals surface area (Å²) in [5.41, 5.74) is 7.36. The van der Waals surface area contributed by atoms with E-state index in [-0.39, 0.29) is 6.04 Å². The van der Waals surface area contributed by atoms with Crippen molar-refractivity contribution in [2.24, 2.45) is 5.73 Å². The lowest BCUT2D eigenvalue weighted by molar-refractivity contribution is 0.837. The van der Waals surface area contributed by atoms with Gasteiger partial charge in [0.25, 0.3) is 0 Å². The maximum atomic E-state index is 5.83. The lowest BCUT2D eigenvalue weighted by atomic mass is 10.2. The fraction of sp³-hybridized carbons (Fsp3) is 0.556. The van der Waals surface area contributed by atoms with E-state index < -0.39 is 0 Å². The number of hydrogen-bond donors (Lipinski definition) is 1. The molecule has 0 saturated heterocycles. The van der Waals surface area contributed by atoms with E-state index in [2.05, 4.69) is 13.0 Å². The SMILES string of the molecule is CC(N)c1cc2c(s1)CCSC2. The molecule has 2 heterocycles. The van der Waals surface area contributed by atoms with Crippen molar-refractivity contribution in [3.63, 3.8) is 0 Å². The van der Waals surface area contributed by atoms with Crippen molar-refractivity contribution in [2.75, 3.05) is 5.75 Å². The number of thiophene rings is 1. The van der Waals surface area contributed by atoms with Crippen LogP contribution in [0.15, 0.2) is 6.07 Å². The molecule has 12 heavy (non-hydrogen) atoms. The summed E-state index contributed by atoms with van der Waals surface area (Å²) in [5.74, 6) is 2.48. The maximum Gasteiger partial charge on any atom is 0.0361 e. The van der Waals surface area contributed by atoms with Crippen LogP contribution >= 0.6 is 23.1 Å². The van der Waals surface area contributed by atoms with Gasteiger partial charge in [-0.05, 0) is 30.7 Å². The molecular weight excluding hydrogens is 186 g/mol. The van der Waals surface area contributed by atoms with Gasteiger partial charge in [-0.15, -0.1) is 11.3 Å². The number of fused-ring (bicyclic) bond motifs is 1. The van der Waals surface area contributed by atoms with E-state index in [0.29, 0.717) is 0 Å². The third-order valence-electron chi connectivity index (χ3n) is 2.10. The molecule has 3 heteroatoms. The zero-order chi connectivity index (χ0) is 8.55. The summed E-state index contributed by atoms with van der Waals surface area (Å²) in [4.78, 5) is 2.92. The van der Waals surface area contributed by atoms with Crippen LogP contribution in [-0.4, -0.2) is 5.75 Å². The number of thioether (sulfide) groups is 1. The van der Waals surface area contributed by atoms with E-state index in [4.69, 9.17) is 5.73 Å². The third-order valence-corrected chi connectivity index (χ3v) is 4.54. The highest BCUT2D eigenvalue weighted by Gasteiger charge is 2.14. The molecule has 0 radical (unpaired) electrons. The van der Waals surface area contributed by atoms with Gasteiger partial charge in [0.15, 0.2) is 0 Å². The summed E-state index contributed by atoms with van der Waals surface area (Å²) in [5, 5.41) is 0.